The van der Waals surface area contributed by atoms with Gasteiger partial charge < -0.3 is 10.1 Å². The van der Waals surface area contributed by atoms with Crippen LogP contribution in [0.25, 0.3) is 17.7 Å². The summed E-state index contributed by atoms with van der Waals surface area (Å²) in [5.74, 6) is 0.664. The molecule has 0 fully saturated rings. The van der Waals surface area contributed by atoms with E-state index in [1.807, 2.05) is 55.5 Å². The lowest BCUT2D eigenvalue weighted by Crippen LogP contribution is -2.03. The van der Waals surface area contributed by atoms with E-state index in [4.69, 9.17) is 4.74 Å². The molecule has 1 aliphatic rings. The van der Waals surface area contributed by atoms with E-state index in [9.17, 15) is 4.79 Å². The molecule has 0 spiro atoms. The van der Waals surface area contributed by atoms with E-state index in [0.29, 0.717) is 12.2 Å². The summed E-state index contributed by atoms with van der Waals surface area (Å²) in [6, 6.07) is 13.5. The molecule has 1 heterocycles. The van der Waals surface area contributed by atoms with Gasteiger partial charge in [-0.15, -0.1) is 0 Å². The second-order valence-electron chi connectivity index (χ2n) is 4.99. The van der Waals surface area contributed by atoms with Crippen LogP contribution in [0.5, 0.6) is 5.75 Å². The third-order valence-electron chi connectivity index (χ3n) is 3.60. The number of amides is 1. The normalized spacial score (nSPS) is 14.6. The van der Waals surface area contributed by atoms with Gasteiger partial charge in [-0.25, -0.2) is 0 Å². The summed E-state index contributed by atoms with van der Waals surface area (Å²) in [4.78, 5) is 12.3. The van der Waals surface area contributed by atoms with Crippen LogP contribution in [0.4, 0.5) is 5.69 Å². The van der Waals surface area contributed by atoms with Gasteiger partial charge in [-0.1, -0.05) is 36.9 Å². The molecule has 0 atom stereocenters. The van der Waals surface area contributed by atoms with E-state index in [1.165, 1.54) is 0 Å². The molecule has 1 amide bonds. The van der Waals surface area contributed by atoms with Crippen LogP contribution in [0.3, 0.4) is 0 Å². The minimum absolute atomic E-state index is 0.0949. The number of benzene rings is 2. The zero-order valence-electron chi connectivity index (χ0n) is 12.4. The van der Waals surface area contributed by atoms with Gasteiger partial charge in [0.1, 0.15) is 5.75 Å². The lowest BCUT2D eigenvalue weighted by molar-refractivity contribution is -0.110. The Kier molecular flexibility index (Phi) is 3.79. The first-order valence-electron chi connectivity index (χ1n) is 7.24. The SMILES string of the molecule is C=Cc1ccccc1/C=C1/C(=O)Nc2cc(OCC)ccc21. The summed E-state index contributed by atoms with van der Waals surface area (Å²) in [5.41, 5.74) is 4.32. The van der Waals surface area contributed by atoms with Gasteiger partial charge in [-0.05, 0) is 36.3 Å². The Hall–Kier alpha value is -2.81. The Morgan fingerprint density at radius 2 is 1.95 bits per heavy atom. The molecule has 2 aromatic carbocycles. The van der Waals surface area contributed by atoms with E-state index in [2.05, 4.69) is 11.9 Å². The molecular formula is C19H17NO2. The van der Waals surface area contributed by atoms with Crippen molar-refractivity contribution in [1.29, 1.82) is 0 Å². The molecule has 110 valence electrons. The largest absolute Gasteiger partial charge is 0.494 e. The second kappa shape index (κ2) is 5.90. The van der Waals surface area contributed by atoms with Crippen LogP contribution < -0.4 is 10.1 Å². The maximum absolute atomic E-state index is 12.3. The highest BCUT2D eigenvalue weighted by atomic mass is 16.5. The van der Waals surface area contributed by atoms with Crippen LogP contribution in [0.15, 0.2) is 49.0 Å². The summed E-state index contributed by atoms with van der Waals surface area (Å²) < 4.78 is 5.47. The monoisotopic (exact) mass is 291 g/mol. The van der Waals surface area contributed by atoms with Crippen molar-refractivity contribution in [3.63, 3.8) is 0 Å². The van der Waals surface area contributed by atoms with Crippen molar-refractivity contribution < 1.29 is 9.53 Å². The van der Waals surface area contributed by atoms with E-state index < -0.39 is 0 Å². The molecule has 0 unspecified atom stereocenters. The van der Waals surface area contributed by atoms with Crippen LogP contribution in [0.2, 0.25) is 0 Å². The van der Waals surface area contributed by atoms with E-state index in [-0.39, 0.29) is 5.91 Å². The van der Waals surface area contributed by atoms with Crippen LogP contribution in [-0.2, 0) is 4.79 Å². The predicted molar refractivity (Wildman–Crippen MR) is 90.6 cm³/mol. The number of fused-ring (bicyclic) bond motifs is 1. The summed E-state index contributed by atoms with van der Waals surface area (Å²) in [5, 5.41) is 2.89. The third-order valence-corrected chi connectivity index (χ3v) is 3.60. The van der Waals surface area contributed by atoms with Crippen LogP contribution in [0, 0.1) is 0 Å². The molecule has 3 rings (SSSR count). The Morgan fingerprint density at radius 3 is 2.68 bits per heavy atom. The first-order valence-corrected chi connectivity index (χ1v) is 7.24. The maximum Gasteiger partial charge on any atom is 0.256 e. The maximum atomic E-state index is 12.3. The molecule has 0 bridgehead atoms. The van der Waals surface area contributed by atoms with Crippen molar-refractivity contribution in [3.8, 4) is 5.75 Å². The highest BCUT2D eigenvalue weighted by Crippen LogP contribution is 2.36. The number of hydrogen-bond donors (Lipinski definition) is 1. The summed E-state index contributed by atoms with van der Waals surface area (Å²) in [6.07, 6.45) is 3.69. The summed E-state index contributed by atoms with van der Waals surface area (Å²) in [7, 11) is 0. The molecule has 0 radical (unpaired) electrons. The molecule has 3 heteroatoms. The van der Waals surface area contributed by atoms with Gasteiger partial charge in [0.2, 0.25) is 0 Å². The Labute approximate surface area is 129 Å². The average molecular weight is 291 g/mol. The summed E-state index contributed by atoms with van der Waals surface area (Å²) in [6.45, 7) is 6.35. The first kappa shape index (κ1) is 14.1. The number of anilines is 1. The van der Waals surface area contributed by atoms with Crippen LogP contribution in [-0.4, -0.2) is 12.5 Å². The minimum atomic E-state index is -0.0949. The second-order valence-corrected chi connectivity index (χ2v) is 4.99. The number of carbonyl (C=O) groups is 1. The van der Waals surface area contributed by atoms with Gasteiger partial charge in [0.05, 0.1) is 12.3 Å². The molecule has 0 aliphatic carbocycles. The topological polar surface area (TPSA) is 38.3 Å². The average Bonchev–Trinajstić information content (AvgIpc) is 2.83. The van der Waals surface area contributed by atoms with E-state index in [0.717, 1.165) is 28.1 Å². The summed E-state index contributed by atoms with van der Waals surface area (Å²) >= 11 is 0. The highest BCUT2D eigenvalue weighted by Gasteiger charge is 2.24. The van der Waals surface area contributed by atoms with Gasteiger partial charge in [-0.3, -0.25) is 4.79 Å². The number of nitrogens with one attached hydrogen (secondary N) is 1. The van der Waals surface area contributed by atoms with Crippen molar-refractivity contribution in [2.24, 2.45) is 0 Å². The predicted octanol–water partition coefficient (Wildman–Crippen LogP) is 4.22. The molecule has 0 saturated heterocycles. The fourth-order valence-electron chi connectivity index (χ4n) is 2.56. The van der Waals surface area contributed by atoms with Crippen molar-refractivity contribution >= 4 is 29.3 Å². The number of carbonyl (C=O) groups excluding carboxylic acids is 1. The molecule has 3 nitrogen and oxygen atoms in total. The molecule has 2 aromatic rings. The van der Waals surface area contributed by atoms with Gasteiger partial charge in [0, 0.05) is 17.2 Å². The molecule has 0 saturated carbocycles. The zero-order valence-corrected chi connectivity index (χ0v) is 12.4. The van der Waals surface area contributed by atoms with Crippen molar-refractivity contribution in [3.05, 3.63) is 65.7 Å². The fourth-order valence-corrected chi connectivity index (χ4v) is 2.56. The van der Waals surface area contributed by atoms with E-state index >= 15 is 0 Å². The molecule has 1 N–H and O–H groups in total. The third kappa shape index (κ3) is 2.53. The standard InChI is InChI=1S/C19H17NO2/c1-3-13-7-5-6-8-14(13)11-17-16-10-9-15(22-4-2)12-18(16)20-19(17)21/h3,5-12H,1,4H2,2H3,(H,20,21)/b17-11+. The van der Waals surface area contributed by atoms with Gasteiger partial charge in [-0.2, -0.15) is 0 Å². The minimum Gasteiger partial charge on any atom is -0.494 e. The Morgan fingerprint density at radius 1 is 1.18 bits per heavy atom. The van der Waals surface area contributed by atoms with Gasteiger partial charge >= 0.3 is 0 Å². The molecule has 0 aromatic heterocycles. The molecule has 1 aliphatic heterocycles. The highest BCUT2D eigenvalue weighted by molar-refractivity contribution is 6.35. The molecular weight excluding hydrogens is 274 g/mol. The van der Waals surface area contributed by atoms with Gasteiger partial charge in [0.15, 0.2) is 0 Å². The number of ether oxygens (including phenoxy) is 1. The lowest BCUT2D eigenvalue weighted by Gasteiger charge is -2.05. The zero-order chi connectivity index (χ0) is 15.5. The number of rotatable bonds is 4. The molecule has 22 heavy (non-hydrogen) atoms. The quantitative estimate of drug-likeness (QED) is 0.856. The van der Waals surface area contributed by atoms with Crippen LogP contribution in [0.1, 0.15) is 23.6 Å². The van der Waals surface area contributed by atoms with Gasteiger partial charge in [0.25, 0.3) is 5.91 Å². The Balaban J connectivity index is 2.05. The van der Waals surface area contributed by atoms with Crippen LogP contribution >= 0.6 is 0 Å². The van der Waals surface area contributed by atoms with E-state index in [1.54, 1.807) is 6.08 Å². The first-order chi connectivity index (χ1) is 10.7. The fraction of sp³-hybridized carbons (Fsp3) is 0.105. The van der Waals surface area contributed by atoms with Crippen molar-refractivity contribution in [2.45, 2.75) is 6.92 Å². The number of hydrogen-bond acceptors (Lipinski definition) is 2. The van der Waals surface area contributed by atoms with Crippen molar-refractivity contribution in [2.75, 3.05) is 11.9 Å². The lowest BCUT2D eigenvalue weighted by atomic mass is 10.0. The van der Waals surface area contributed by atoms with Crippen molar-refractivity contribution in [1.82, 2.24) is 0 Å². The Bertz CT molecular complexity index is 775. The smallest absolute Gasteiger partial charge is 0.256 e.